The van der Waals surface area contributed by atoms with Crippen LogP contribution in [0, 0.1) is 0 Å². The first-order valence-electron chi connectivity index (χ1n) is 5.60. The molecule has 0 radical (unpaired) electrons. The maximum Gasteiger partial charge on any atom is 0.308 e. The average Bonchev–Trinajstić information content (AvgIpc) is 2.85. The molecule has 2 rings (SSSR count). The van der Waals surface area contributed by atoms with E-state index in [1.807, 2.05) is 0 Å². The topological polar surface area (TPSA) is 57.9 Å². The van der Waals surface area contributed by atoms with Crippen LogP contribution in [0.5, 0.6) is 17.2 Å². The molecule has 0 saturated heterocycles. The molecule has 0 amide bonds. The van der Waals surface area contributed by atoms with E-state index in [0.29, 0.717) is 22.6 Å². The van der Waals surface area contributed by atoms with Crippen LogP contribution >= 0.6 is 0 Å². The Morgan fingerprint density at radius 3 is 2.47 bits per heavy atom. The minimum Gasteiger partial charge on any atom is -0.495 e. The predicted octanol–water partition coefficient (Wildman–Crippen LogP) is 3.02. The van der Waals surface area contributed by atoms with Crippen LogP contribution in [0.1, 0.15) is 12.5 Å². The fourth-order valence-electron chi connectivity index (χ4n) is 1.97. The summed E-state index contributed by atoms with van der Waals surface area (Å²) in [5.41, 5.74) is 1.00. The van der Waals surface area contributed by atoms with Crippen molar-refractivity contribution in [3.63, 3.8) is 0 Å². The Labute approximate surface area is 110 Å². The fraction of sp³-hybridized carbons (Fsp3) is 0.214. The zero-order valence-corrected chi connectivity index (χ0v) is 11.0. The number of carbonyl (C=O) groups is 1. The number of ether oxygens (including phenoxy) is 3. The molecule has 5 heteroatoms. The summed E-state index contributed by atoms with van der Waals surface area (Å²) in [6, 6.07) is 1.75. The van der Waals surface area contributed by atoms with Gasteiger partial charge in [0.05, 0.1) is 31.4 Å². The summed E-state index contributed by atoms with van der Waals surface area (Å²) in [6.45, 7) is 5.03. The van der Waals surface area contributed by atoms with E-state index in [9.17, 15) is 4.79 Å². The van der Waals surface area contributed by atoms with Gasteiger partial charge in [0.1, 0.15) is 5.75 Å². The second kappa shape index (κ2) is 5.06. The number of hydrogen-bond acceptors (Lipinski definition) is 5. The molecular weight excluding hydrogens is 248 g/mol. The SMILES string of the molecule is C=Cc1c(OC(C)=O)c(OC)c2occc2c1OC. The van der Waals surface area contributed by atoms with Gasteiger partial charge in [0.15, 0.2) is 11.3 Å². The lowest BCUT2D eigenvalue weighted by Gasteiger charge is -2.15. The average molecular weight is 262 g/mol. The molecule has 0 N–H and O–H groups in total. The molecule has 1 aromatic heterocycles. The van der Waals surface area contributed by atoms with E-state index < -0.39 is 5.97 Å². The summed E-state index contributed by atoms with van der Waals surface area (Å²) in [5, 5.41) is 0.727. The molecule has 0 spiro atoms. The van der Waals surface area contributed by atoms with E-state index >= 15 is 0 Å². The van der Waals surface area contributed by atoms with Crippen molar-refractivity contribution in [2.24, 2.45) is 0 Å². The number of benzene rings is 1. The molecule has 1 heterocycles. The van der Waals surface area contributed by atoms with Gasteiger partial charge in [0, 0.05) is 6.92 Å². The lowest BCUT2D eigenvalue weighted by Crippen LogP contribution is -2.06. The van der Waals surface area contributed by atoms with E-state index in [1.165, 1.54) is 27.4 Å². The number of hydrogen-bond donors (Lipinski definition) is 0. The molecule has 0 bridgehead atoms. The van der Waals surface area contributed by atoms with Crippen molar-refractivity contribution in [2.45, 2.75) is 6.92 Å². The van der Waals surface area contributed by atoms with Crippen LogP contribution < -0.4 is 14.2 Å². The predicted molar refractivity (Wildman–Crippen MR) is 70.7 cm³/mol. The van der Waals surface area contributed by atoms with E-state index in [1.54, 1.807) is 12.1 Å². The minimum atomic E-state index is -0.464. The van der Waals surface area contributed by atoms with Gasteiger partial charge in [-0.1, -0.05) is 12.7 Å². The second-order valence-electron chi connectivity index (χ2n) is 3.77. The van der Waals surface area contributed by atoms with Crippen LogP contribution in [0.2, 0.25) is 0 Å². The number of methoxy groups -OCH3 is 2. The van der Waals surface area contributed by atoms with Crippen molar-refractivity contribution < 1.29 is 23.4 Å². The van der Waals surface area contributed by atoms with Gasteiger partial charge in [-0.2, -0.15) is 0 Å². The van der Waals surface area contributed by atoms with Gasteiger partial charge >= 0.3 is 5.97 Å². The quantitative estimate of drug-likeness (QED) is 0.626. The summed E-state index contributed by atoms with van der Waals surface area (Å²) in [7, 11) is 3.00. The highest BCUT2D eigenvalue weighted by Crippen LogP contribution is 2.46. The van der Waals surface area contributed by atoms with Gasteiger partial charge in [0.2, 0.25) is 5.75 Å². The number of rotatable bonds is 4. The lowest BCUT2D eigenvalue weighted by atomic mass is 10.1. The molecule has 5 nitrogen and oxygen atoms in total. The Hall–Kier alpha value is -2.43. The molecule has 100 valence electrons. The highest BCUT2D eigenvalue weighted by Gasteiger charge is 2.23. The third-order valence-corrected chi connectivity index (χ3v) is 2.67. The fourth-order valence-corrected chi connectivity index (χ4v) is 1.97. The first-order valence-corrected chi connectivity index (χ1v) is 5.60. The summed E-state index contributed by atoms with van der Waals surface area (Å²) in [6.07, 6.45) is 3.06. The maximum absolute atomic E-state index is 11.2. The van der Waals surface area contributed by atoms with Crippen LogP contribution in [0.15, 0.2) is 23.3 Å². The summed E-state index contributed by atoms with van der Waals surface area (Å²) in [4.78, 5) is 11.2. The van der Waals surface area contributed by atoms with Crippen molar-refractivity contribution in [3.8, 4) is 17.2 Å². The zero-order valence-electron chi connectivity index (χ0n) is 11.0. The van der Waals surface area contributed by atoms with E-state index in [0.717, 1.165) is 5.39 Å². The Kier molecular flexibility index (Phi) is 3.46. The van der Waals surface area contributed by atoms with Crippen molar-refractivity contribution in [1.29, 1.82) is 0 Å². The van der Waals surface area contributed by atoms with Gasteiger partial charge in [-0.25, -0.2) is 0 Å². The maximum atomic E-state index is 11.2. The summed E-state index contributed by atoms with van der Waals surface area (Å²) >= 11 is 0. The number of carbonyl (C=O) groups excluding carboxylic acids is 1. The molecule has 0 aliphatic heterocycles. The molecule has 19 heavy (non-hydrogen) atoms. The molecule has 0 atom stereocenters. The minimum absolute atomic E-state index is 0.240. The van der Waals surface area contributed by atoms with E-state index in [4.69, 9.17) is 18.6 Å². The zero-order chi connectivity index (χ0) is 14.0. The van der Waals surface area contributed by atoms with Crippen molar-refractivity contribution in [1.82, 2.24) is 0 Å². The number of fused-ring (bicyclic) bond motifs is 1. The Morgan fingerprint density at radius 2 is 1.95 bits per heavy atom. The highest BCUT2D eigenvalue weighted by molar-refractivity contribution is 5.97. The van der Waals surface area contributed by atoms with Gasteiger partial charge in [-0.15, -0.1) is 0 Å². The third-order valence-electron chi connectivity index (χ3n) is 2.67. The normalized spacial score (nSPS) is 10.3. The first kappa shape index (κ1) is 13.0. The van der Waals surface area contributed by atoms with Crippen LogP contribution in [0.25, 0.3) is 17.0 Å². The molecule has 0 saturated carbocycles. The van der Waals surface area contributed by atoms with Crippen LogP contribution in [0.3, 0.4) is 0 Å². The van der Waals surface area contributed by atoms with E-state index in [2.05, 4.69) is 6.58 Å². The Bertz CT molecular complexity index is 639. The van der Waals surface area contributed by atoms with Crippen molar-refractivity contribution in [3.05, 3.63) is 24.5 Å². The summed E-state index contributed by atoms with van der Waals surface area (Å²) < 4.78 is 21.2. The molecule has 0 aliphatic rings. The van der Waals surface area contributed by atoms with Gasteiger partial charge in [-0.05, 0) is 6.07 Å². The van der Waals surface area contributed by atoms with Gasteiger partial charge in [-0.3, -0.25) is 4.79 Å². The van der Waals surface area contributed by atoms with Crippen molar-refractivity contribution in [2.75, 3.05) is 14.2 Å². The largest absolute Gasteiger partial charge is 0.495 e. The molecule has 0 aliphatic carbocycles. The van der Waals surface area contributed by atoms with Crippen LogP contribution in [0.4, 0.5) is 0 Å². The van der Waals surface area contributed by atoms with Gasteiger partial charge < -0.3 is 18.6 Å². The third kappa shape index (κ3) is 2.03. The molecule has 2 aromatic rings. The number of furan rings is 1. The molecule has 1 aromatic carbocycles. The number of esters is 1. The standard InChI is InChI=1S/C14H14O5/c1-5-9-11(16-3)10-6-7-18-12(10)14(17-4)13(9)19-8(2)15/h5-7H,1H2,2-4H3. The molecular formula is C14H14O5. The Morgan fingerprint density at radius 1 is 1.26 bits per heavy atom. The second-order valence-corrected chi connectivity index (χ2v) is 3.77. The lowest BCUT2D eigenvalue weighted by molar-refractivity contribution is -0.132. The first-order chi connectivity index (χ1) is 9.13. The monoisotopic (exact) mass is 262 g/mol. The Balaban J connectivity index is 2.88. The summed E-state index contributed by atoms with van der Waals surface area (Å²) in [5.74, 6) is 0.639. The van der Waals surface area contributed by atoms with E-state index in [-0.39, 0.29) is 5.75 Å². The smallest absolute Gasteiger partial charge is 0.308 e. The van der Waals surface area contributed by atoms with Crippen molar-refractivity contribution >= 4 is 23.0 Å². The highest BCUT2D eigenvalue weighted by atomic mass is 16.6. The van der Waals surface area contributed by atoms with Crippen LogP contribution in [-0.2, 0) is 4.79 Å². The van der Waals surface area contributed by atoms with Gasteiger partial charge in [0.25, 0.3) is 0 Å². The van der Waals surface area contributed by atoms with Crippen LogP contribution in [-0.4, -0.2) is 20.2 Å². The molecule has 0 unspecified atom stereocenters. The molecule has 0 fully saturated rings.